The van der Waals surface area contributed by atoms with Gasteiger partial charge >= 0.3 is 5.97 Å². The summed E-state index contributed by atoms with van der Waals surface area (Å²) in [6.45, 7) is 4.50. The molecule has 18 heavy (non-hydrogen) atoms. The summed E-state index contributed by atoms with van der Waals surface area (Å²) in [4.78, 5) is 14.8. The van der Waals surface area contributed by atoms with Crippen LogP contribution < -0.4 is 5.32 Å². The van der Waals surface area contributed by atoms with E-state index in [1.807, 2.05) is 0 Å². The summed E-state index contributed by atoms with van der Waals surface area (Å²) in [5.41, 5.74) is 1.07. The van der Waals surface area contributed by atoms with Crippen LogP contribution in [0, 0.1) is 5.92 Å². The second-order valence-electron chi connectivity index (χ2n) is 4.60. The van der Waals surface area contributed by atoms with Crippen molar-refractivity contribution in [2.45, 2.75) is 26.0 Å². The van der Waals surface area contributed by atoms with E-state index in [2.05, 4.69) is 17.2 Å². The average molecular weight is 250 g/mol. The predicted molar refractivity (Wildman–Crippen MR) is 66.4 cm³/mol. The number of aromatic carboxylic acids is 1. The number of carboxylic acid groups (broad SMARTS) is 1. The average Bonchev–Trinajstić information content (AvgIpc) is 2.76. The third-order valence-corrected chi connectivity index (χ3v) is 3.32. The second-order valence-corrected chi connectivity index (χ2v) is 4.60. The van der Waals surface area contributed by atoms with Crippen LogP contribution in [0.5, 0.6) is 0 Å². The highest BCUT2D eigenvalue weighted by molar-refractivity contribution is 5.87. The van der Waals surface area contributed by atoms with Crippen molar-refractivity contribution in [2.24, 2.45) is 5.92 Å². The molecule has 2 atom stereocenters. The summed E-state index contributed by atoms with van der Waals surface area (Å²) in [5.74, 6) is -0.387. The first-order valence-electron chi connectivity index (χ1n) is 6.17. The van der Waals surface area contributed by atoms with Crippen molar-refractivity contribution in [3.05, 3.63) is 29.6 Å². The smallest absolute Gasteiger partial charge is 0.337 e. The summed E-state index contributed by atoms with van der Waals surface area (Å²) in [6, 6.07) is 3.32. The molecule has 0 saturated carbocycles. The number of rotatable bonds is 5. The lowest BCUT2D eigenvalue weighted by molar-refractivity contribution is 0.0696. The molecule has 1 aromatic rings. The summed E-state index contributed by atoms with van der Waals surface area (Å²) in [5, 5.41) is 12.1. The highest BCUT2D eigenvalue weighted by atomic mass is 16.5. The van der Waals surface area contributed by atoms with Crippen LogP contribution in [0.1, 0.15) is 29.4 Å². The van der Waals surface area contributed by atoms with Gasteiger partial charge in [0.05, 0.1) is 17.4 Å². The van der Waals surface area contributed by atoms with E-state index in [0.717, 1.165) is 25.3 Å². The minimum absolute atomic E-state index is 0.219. The number of pyridine rings is 1. The van der Waals surface area contributed by atoms with E-state index in [1.165, 1.54) is 6.20 Å². The van der Waals surface area contributed by atoms with Crippen LogP contribution in [0.25, 0.3) is 0 Å². The molecule has 1 aromatic heterocycles. The van der Waals surface area contributed by atoms with E-state index < -0.39 is 5.97 Å². The molecule has 2 unspecified atom stereocenters. The normalized spacial score (nSPS) is 23.2. The van der Waals surface area contributed by atoms with Crippen molar-refractivity contribution >= 4 is 5.97 Å². The van der Waals surface area contributed by atoms with E-state index >= 15 is 0 Å². The Morgan fingerprint density at radius 1 is 1.61 bits per heavy atom. The summed E-state index contributed by atoms with van der Waals surface area (Å²) >= 11 is 0. The van der Waals surface area contributed by atoms with E-state index in [4.69, 9.17) is 9.84 Å². The van der Waals surface area contributed by atoms with Gasteiger partial charge in [0, 0.05) is 25.9 Å². The van der Waals surface area contributed by atoms with Crippen LogP contribution in [-0.4, -0.2) is 35.3 Å². The zero-order valence-corrected chi connectivity index (χ0v) is 10.4. The van der Waals surface area contributed by atoms with Crippen molar-refractivity contribution in [2.75, 3.05) is 13.2 Å². The molecule has 0 spiro atoms. The number of hydrogen-bond donors (Lipinski definition) is 2. The summed E-state index contributed by atoms with van der Waals surface area (Å²) in [6.07, 6.45) is 2.81. The quantitative estimate of drug-likeness (QED) is 0.824. The molecule has 0 bridgehead atoms. The van der Waals surface area contributed by atoms with Gasteiger partial charge in [-0.05, 0) is 31.4 Å². The van der Waals surface area contributed by atoms with Crippen molar-refractivity contribution in [1.82, 2.24) is 10.3 Å². The minimum atomic E-state index is -0.945. The number of ether oxygens (including phenoxy) is 1. The molecule has 0 amide bonds. The molecule has 0 radical (unpaired) electrons. The lowest BCUT2D eigenvalue weighted by Gasteiger charge is -2.14. The van der Waals surface area contributed by atoms with Crippen LogP contribution in [0.3, 0.4) is 0 Å². The Morgan fingerprint density at radius 2 is 2.44 bits per heavy atom. The van der Waals surface area contributed by atoms with Gasteiger partial charge in [-0.25, -0.2) is 4.79 Å². The van der Waals surface area contributed by atoms with Gasteiger partial charge in [0.2, 0.25) is 0 Å². The molecule has 1 aliphatic rings. The van der Waals surface area contributed by atoms with Crippen molar-refractivity contribution in [3.8, 4) is 0 Å². The topological polar surface area (TPSA) is 71.5 Å². The van der Waals surface area contributed by atoms with Crippen molar-refractivity contribution in [1.29, 1.82) is 0 Å². The molecule has 0 aromatic carbocycles. The number of carbonyl (C=O) groups is 1. The van der Waals surface area contributed by atoms with Crippen LogP contribution in [0.2, 0.25) is 0 Å². The maximum Gasteiger partial charge on any atom is 0.337 e. The van der Waals surface area contributed by atoms with Gasteiger partial charge in [-0.2, -0.15) is 0 Å². The van der Waals surface area contributed by atoms with Gasteiger partial charge in [-0.3, -0.25) is 4.98 Å². The third-order valence-electron chi connectivity index (χ3n) is 3.32. The first kappa shape index (κ1) is 13.0. The zero-order chi connectivity index (χ0) is 13.0. The zero-order valence-electron chi connectivity index (χ0n) is 10.4. The molecule has 5 heteroatoms. The van der Waals surface area contributed by atoms with Crippen LogP contribution in [0.15, 0.2) is 18.3 Å². The number of hydrogen-bond acceptors (Lipinski definition) is 4. The Bertz CT molecular complexity index is 405. The fourth-order valence-corrected chi connectivity index (χ4v) is 2.09. The Kier molecular flexibility index (Phi) is 4.28. The Balaban J connectivity index is 1.78. The van der Waals surface area contributed by atoms with Gasteiger partial charge in [0.25, 0.3) is 0 Å². The lowest BCUT2D eigenvalue weighted by Crippen LogP contribution is -2.26. The van der Waals surface area contributed by atoms with Crippen molar-refractivity contribution < 1.29 is 14.6 Å². The SMILES string of the molecule is CC1OCCC1CNCc1ccc(C(=O)O)cn1. The Hall–Kier alpha value is -1.46. The van der Waals surface area contributed by atoms with Gasteiger partial charge in [-0.15, -0.1) is 0 Å². The molecule has 1 aliphatic heterocycles. The van der Waals surface area contributed by atoms with Gasteiger partial charge in [0.1, 0.15) is 0 Å². The van der Waals surface area contributed by atoms with E-state index in [1.54, 1.807) is 12.1 Å². The Morgan fingerprint density at radius 3 is 3.00 bits per heavy atom. The van der Waals surface area contributed by atoms with Gasteiger partial charge in [-0.1, -0.05) is 0 Å². The molecule has 5 nitrogen and oxygen atoms in total. The summed E-state index contributed by atoms with van der Waals surface area (Å²) < 4.78 is 5.49. The molecule has 1 fully saturated rings. The maximum atomic E-state index is 10.7. The molecule has 2 heterocycles. The monoisotopic (exact) mass is 250 g/mol. The molecule has 2 N–H and O–H groups in total. The lowest BCUT2D eigenvalue weighted by atomic mass is 10.0. The number of aromatic nitrogens is 1. The van der Waals surface area contributed by atoms with Crippen LogP contribution in [0.4, 0.5) is 0 Å². The molecule has 2 rings (SSSR count). The molecule has 1 saturated heterocycles. The van der Waals surface area contributed by atoms with Gasteiger partial charge < -0.3 is 15.2 Å². The largest absolute Gasteiger partial charge is 0.478 e. The van der Waals surface area contributed by atoms with Crippen LogP contribution in [-0.2, 0) is 11.3 Å². The number of nitrogens with zero attached hydrogens (tertiary/aromatic N) is 1. The minimum Gasteiger partial charge on any atom is -0.478 e. The number of nitrogens with one attached hydrogen (secondary N) is 1. The maximum absolute atomic E-state index is 10.7. The highest BCUT2D eigenvalue weighted by Gasteiger charge is 2.23. The standard InChI is InChI=1S/C13H18N2O3/c1-9-10(4-5-18-9)6-14-8-12-3-2-11(7-15-12)13(16)17/h2-3,7,9-10,14H,4-6,8H2,1H3,(H,16,17). The number of carboxylic acids is 1. The molecule has 98 valence electrons. The fraction of sp³-hybridized carbons (Fsp3) is 0.538. The van der Waals surface area contributed by atoms with Gasteiger partial charge in [0.15, 0.2) is 0 Å². The summed E-state index contributed by atoms with van der Waals surface area (Å²) in [7, 11) is 0. The van der Waals surface area contributed by atoms with Crippen LogP contribution >= 0.6 is 0 Å². The Labute approximate surface area is 106 Å². The van der Waals surface area contributed by atoms with E-state index in [0.29, 0.717) is 18.6 Å². The molecular formula is C13H18N2O3. The third kappa shape index (κ3) is 3.27. The van der Waals surface area contributed by atoms with E-state index in [-0.39, 0.29) is 5.56 Å². The van der Waals surface area contributed by atoms with E-state index in [9.17, 15) is 4.79 Å². The highest BCUT2D eigenvalue weighted by Crippen LogP contribution is 2.19. The fourth-order valence-electron chi connectivity index (χ4n) is 2.09. The first-order chi connectivity index (χ1) is 8.66. The van der Waals surface area contributed by atoms with Crippen molar-refractivity contribution in [3.63, 3.8) is 0 Å². The first-order valence-corrected chi connectivity index (χ1v) is 6.17. The molecule has 0 aliphatic carbocycles. The molecular weight excluding hydrogens is 232 g/mol. The second kappa shape index (κ2) is 5.93. The predicted octanol–water partition coefficient (Wildman–Crippen LogP) is 1.29.